The second kappa shape index (κ2) is 8.08. The summed E-state index contributed by atoms with van der Waals surface area (Å²) in [5, 5.41) is 2.79. The minimum atomic E-state index is -0.560. The number of benzene rings is 2. The molecule has 26 heavy (non-hydrogen) atoms. The summed E-state index contributed by atoms with van der Waals surface area (Å²) in [5.74, 6) is -1.84. The summed E-state index contributed by atoms with van der Waals surface area (Å²) in [6.07, 6.45) is 1.34. The van der Waals surface area contributed by atoms with E-state index in [9.17, 15) is 18.4 Å². The third-order valence-corrected chi connectivity index (χ3v) is 4.54. The van der Waals surface area contributed by atoms with Gasteiger partial charge in [-0.1, -0.05) is 24.3 Å². The van der Waals surface area contributed by atoms with Crippen LogP contribution in [0, 0.1) is 17.6 Å². The van der Waals surface area contributed by atoms with Gasteiger partial charge < -0.3 is 10.2 Å². The van der Waals surface area contributed by atoms with Gasteiger partial charge in [-0.05, 0) is 42.7 Å². The van der Waals surface area contributed by atoms with Gasteiger partial charge in [0, 0.05) is 19.6 Å². The van der Waals surface area contributed by atoms with Gasteiger partial charge in [0.2, 0.25) is 5.91 Å². The van der Waals surface area contributed by atoms with Crippen molar-refractivity contribution < 1.29 is 18.4 Å². The molecule has 3 rings (SSSR count). The molecule has 1 heterocycles. The van der Waals surface area contributed by atoms with Crippen molar-refractivity contribution in [2.24, 2.45) is 5.92 Å². The van der Waals surface area contributed by atoms with Crippen LogP contribution in [0.3, 0.4) is 0 Å². The topological polar surface area (TPSA) is 49.4 Å². The molecule has 0 saturated carbocycles. The number of halogens is 2. The van der Waals surface area contributed by atoms with Gasteiger partial charge in [0.05, 0.1) is 11.5 Å². The number of amides is 2. The third kappa shape index (κ3) is 4.25. The quantitative estimate of drug-likeness (QED) is 0.913. The number of piperidine rings is 1. The fourth-order valence-corrected chi connectivity index (χ4v) is 3.16. The maximum absolute atomic E-state index is 13.8. The first kappa shape index (κ1) is 18.0. The largest absolute Gasteiger partial charge is 0.352 e. The Bertz CT molecular complexity index is 810. The molecule has 2 aromatic carbocycles. The Morgan fingerprint density at radius 3 is 2.69 bits per heavy atom. The van der Waals surface area contributed by atoms with Gasteiger partial charge in [0.1, 0.15) is 11.6 Å². The van der Waals surface area contributed by atoms with Crippen LogP contribution >= 0.6 is 0 Å². The van der Waals surface area contributed by atoms with Crippen molar-refractivity contribution in [2.45, 2.75) is 19.4 Å². The van der Waals surface area contributed by atoms with Crippen LogP contribution in [0.5, 0.6) is 0 Å². The third-order valence-electron chi connectivity index (χ3n) is 4.54. The van der Waals surface area contributed by atoms with Gasteiger partial charge in [-0.3, -0.25) is 9.59 Å². The Labute approximate surface area is 150 Å². The van der Waals surface area contributed by atoms with Gasteiger partial charge in [0.15, 0.2) is 0 Å². The molecule has 136 valence electrons. The molecule has 0 unspecified atom stereocenters. The maximum atomic E-state index is 13.8. The van der Waals surface area contributed by atoms with Gasteiger partial charge in [-0.25, -0.2) is 8.78 Å². The average molecular weight is 358 g/mol. The molecule has 4 nitrogen and oxygen atoms in total. The van der Waals surface area contributed by atoms with E-state index in [0.717, 1.165) is 0 Å². The molecule has 0 aromatic heterocycles. The van der Waals surface area contributed by atoms with Crippen LogP contribution in [-0.4, -0.2) is 29.8 Å². The average Bonchev–Trinajstić information content (AvgIpc) is 2.66. The van der Waals surface area contributed by atoms with Crippen LogP contribution in [0.4, 0.5) is 8.78 Å². The summed E-state index contributed by atoms with van der Waals surface area (Å²) in [4.78, 5) is 26.5. The molecule has 2 aromatic rings. The molecule has 1 saturated heterocycles. The Kier molecular flexibility index (Phi) is 5.61. The molecule has 1 aliphatic rings. The van der Waals surface area contributed by atoms with Crippen molar-refractivity contribution >= 4 is 11.8 Å². The molecular formula is C20H20F2N2O2. The van der Waals surface area contributed by atoms with E-state index in [0.29, 0.717) is 24.9 Å². The molecule has 6 heteroatoms. The first-order chi connectivity index (χ1) is 12.5. The lowest BCUT2D eigenvalue weighted by atomic mass is 9.96. The summed E-state index contributed by atoms with van der Waals surface area (Å²) < 4.78 is 27.0. The second-order valence-corrected chi connectivity index (χ2v) is 6.42. The van der Waals surface area contributed by atoms with E-state index >= 15 is 0 Å². The van der Waals surface area contributed by atoms with Crippen molar-refractivity contribution in [3.8, 4) is 0 Å². The van der Waals surface area contributed by atoms with E-state index in [1.807, 2.05) is 0 Å². The van der Waals surface area contributed by atoms with E-state index in [-0.39, 0.29) is 36.3 Å². The van der Waals surface area contributed by atoms with Crippen molar-refractivity contribution in [1.82, 2.24) is 10.2 Å². The van der Waals surface area contributed by atoms with Crippen molar-refractivity contribution in [3.63, 3.8) is 0 Å². The fourth-order valence-electron chi connectivity index (χ4n) is 3.16. The van der Waals surface area contributed by atoms with E-state index in [1.165, 1.54) is 35.2 Å². The molecule has 1 atom stereocenters. The highest BCUT2D eigenvalue weighted by Crippen LogP contribution is 2.20. The Morgan fingerprint density at radius 2 is 1.92 bits per heavy atom. The molecule has 1 aliphatic heterocycles. The molecule has 0 radical (unpaired) electrons. The summed E-state index contributed by atoms with van der Waals surface area (Å²) in [7, 11) is 0. The molecule has 2 amide bonds. The smallest absolute Gasteiger partial charge is 0.256 e. The lowest BCUT2D eigenvalue weighted by molar-refractivity contribution is -0.126. The highest BCUT2D eigenvalue weighted by molar-refractivity contribution is 5.95. The predicted octanol–water partition coefficient (Wildman–Crippen LogP) is 3.13. The van der Waals surface area contributed by atoms with E-state index in [4.69, 9.17) is 0 Å². The van der Waals surface area contributed by atoms with Crippen LogP contribution in [0.25, 0.3) is 0 Å². The van der Waals surface area contributed by atoms with Crippen molar-refractivity contribution in [3.05, 3.63) is 71.3 Å². The van der Waals surface area contributed by atoms with Crippen LogP contribution in [-0.2, 0) is 11.3 Å². The molecule has 0 aliphatic carbocycles. The number of rotatable bonds is 4. The number of hydrogen-bond donors (Lipinski definition) is 1. The van der Waals surface area contributed by atoms with Crippen molar-refractivity contribution in [2.75, 3.05) is 13.1 Å². The van der Waals surface area contributed by atoms with Crippen LogP contribution in [0.2, 0.25) is 0 Å². The number of hydrogen-bond acceptors (Lipinski definition) is 2. The summed E-state index contributed by atoms with van der Waals surface area (Å²) in [6.45, 7) is 0.983. The second-order valence-electron chi connectivity index (χ2n) is 6.42. The normalized spacial score (nSPS) is 17.0. The van der Waals surface area contributed by atoms with E-state index in [1.54, 1.807) is 18.2 Å². The summed E-state index contributed by atoms with van der Waals surface area (Å²) >= 11 is 0. The Morgan fingerprint density at radius 1 is 1.12 bits per heavy atom. The summed E-state index contributed by atoms with van der Waals surface area (Å²) in [5.41, 5.74) is 0.696. The lowest BCUT2D eigenvalue weighted by Crippen LogP contribution is -2.45. The first-order valence-corrected chi connectivity index (χ1v) is 8.60. The monoisotopic (exact) mass is 358 g/mol. The van der Waals surface area contributed by atoms with Gasteiger partial charge in [0.25, 0.3) is 5.91 Å². The van der Waals surface area contributed by atoms with Gasteiger partial charge in [-0.15, -0.1) is 0 Å². The Balaban J connectivity index is 1.60. The number of carbonyl (C=O) groups excluding carboxylic acids is 2. The van der Waals surface area contributed by atoms with Crippen LogP contribution < -0.4 is 5.32 Å². The highest BCUT2D eigenvalue weighted by atomic mass is 19.1. The highest BCUT2D eigenvalue weighted by Gasteiger charge is 2.29. The SMILES string of the molecule is O=C(NCc1cccc(F)c1)[C@H]1CCCN(C(=O)c2ccccc2F)C1. The first-order valence-electron chi connectivity index (χ1n) is 8.60. The predicted molar refractivity (Wildman–Crippen MR) is 93.3 cm³/mol. The lowest BCUT2D eigenvalue weighted by Gasteiger charge is -2.32. The Hall–Kier alpha value is -2.76. The molecule has 0 spiro atoms. The number of carbonyl (C=O) groups is 2. The zero-order chi connectivity index (χ0) is 18.5. The molecule has 0 bridgehead atoms. The summed E-state index contributed by atoms with van der Waals surface area (Å²) in [6, 6.07) is 11.9. The molecular weight excluding hydrogens is 338 g/mol. The zero-order valence-electron chi connectivity index (χ0n) is 14.3. The van der Waals surface area contributed by atoms with Crippen molar-refractivity contribution in [1.29, 1.82) is 0 Å². The molecule has 1 N–H and O–H groups in total. The maximum Gasteiger partial charge on any atom is 0.256 e. The molecule has 1 fully saturated rings. The standard InChI is InChI=1S/C20H20F2N2O2/c21-16-7-3-5-14(11-16)12-23-19(25)15-6-4-10-24(13-15)20(26)17-8-1-2-9-18(17)22/h1-3,5,7-9,11,15H,4,6,10,12-13H2,(H,23,25)/t15-/m0/s1. The van der Waals surface area contributed by atoms with Crippen LogP contribution in [0.1, 0.15) is 28.8 Å². The van der Waals surface area contributed by atoms with Gasteiger partial charge in [-0.2, -0.15) is 0 Å². The van der Waals surface area contributed by atoms with Crippen LogP contribution in [0.15, 0.2) is 48.5 Å². The van der Waals surface area contributed by atoms with E-state index in [2.05, 4.69) is 5.32 Å². The minimum Gasteiger partial charge on any atom is -0.352 e. The van der Waals surface area contributed by atoms with E-state index < -0.39 is 11.7 Å². The number of nitrogens with one attached hydrogen (secondary N) is 1. The number of likely N-dealkylation sites (tertiary alicyclic amines) is 1. The minimum absolute atomic E-state index is 0.0216. The fraction of sp³-hybridized carbons (Fsp3) is 0.300. The van der Waals surface area contributed by atoms with Gasteiger partial charge >= 0.3 is 0 Å². The number of nitrogens with zero attached hydrogens (tertiary/aromatic N) is 1. The zero-order valence-corrected chi connectivity index (χ0v) is 14.3.